The molecule has 2 aromatic carbocycles. The van der Waals surface area contributed by atoms with Gasteiger partial charge in [-0.3, -0.25) is 9.78 Å². The van der Waals surface area contributed by atoms with Crippen LogP contribution in [-0.4, -0.2) is 10.9 Å². The minimum Gasteiger partial charge on any atom is -0.326 e. The average Bonchev–Trinajstić information content (AvgIpc) is 2.68. The van der Waals surface area contributed by atoms with Gasteiger partial charge in [-0.2, -0.15) is 13.2 Å². The van der Waals surface area contributed by atoms with Crippen LogP contribution in [0.2, 0.25) is 0 Å². The summed E-state index contributed by atoms with van der Waals surface area (Å²) in [4.78, 5) is 17.2. The molecule has 3 aromatic rings. The van der Waals surface area contributed by atoms with Crippen molar-refractivity contribution in [2.45, 2.75) is 23.2 Å². The van der Waals surface area contributed by atoms with Gasteiger partial charge in [-0.15, -0.1) is 11.8 Å². The van der Waals surface area contributed by atoms with Crippen LogP contribution in [0, 0.1) is 0 Å². The molecule has 7 heteroatoms. The van der Waals surface area contributed by atoms with Gasteiger partial charge in [0.1, 0.15) is 0 Å². The number of benzene rings is 2. The van der Waals surface area contributed by atoms with Gasteiger partial charge < -0.3 is 5.32 Å². The number of hydrogen-bond donors (Lipinski definition) is 1. The maximum atomic E-state index is 12.8. The molecule has 0 spiro atoms. The van der Waals surface area contributed by atoms with E-state index < -0.39 is 11.7 Å². The monoisotopic (exact) mass is 402 g/mol. The van der Waals surface area contributed by atoms with Crippen molar-refractivity contribution in [3.8, 4) is 0 Å². The Kier molecular flexibility index (Phi) is 6.36. The van der Waals surface area contributed by atoms with Gasteiger partial charge in [-0.1, -0.05) is 24.3 Å². The zero-order valence-electron chi connectivity index (χ0n) is 14.7. The minimum atomic E-state index is -4.42. The highest BCUT2D eigenvalue weighted by Crippen LogP contribution is 2.29. The summed E-state index contributed by atoms with van der Waals surface area (Å²) < 4.78 is 38.3. The van der Waals surface area contributed by atoms with Gasteiger partial charge in [0.15, 0.2) is 0 Å². The third-order valence-corrected chi connectivity index (χ3v) is 4.97. The Morgan fingerprint density at radius 1 is 1.00 bits per heavy atom. The first-order valence-electron chi connectivity index (χ1n) is 8.48. The quantitative estimate of drug-likeness (QED) is 0.548. The number of halogens is 3. The molecule has 28 heavy (non-hydrogen) atoms. The van der Waals surface area contributed by atoms with E-state index in [2.05, 4.69) is 10.3 Å². The van der Waals surface area contributed by atoms with Crippen molar-refractivity contribution in [3.05, 3.63) is 89.7 Å². The molecule has 0 atom stereocenters. The molecule has 144 valence electrons. The lowest BCUT2D eigenvalue weighted by Gasteiger charge is -2.09. The number of nitrogens with zero attached hydrogens (tertiary/aromatic N) is 1. The molecular formula is C21H17F3N2OS. The molecule has 0 saturated heterocycles. The van der Waals surface area contributed by atoms with Gasteiger partial charge in [0.05, 0.1) is 12.0 Å². The number of nitrogens with one attached hydrogen (secondary N) is 1. The fourth-order valence-corrected chi connectivity index (χ4v) is 3.37. The molecule has 0 bridgehead atoms. The number of rotatable bonds is 6. The van der Waals surface area contributed by atoms with Gasteiger partial charge in [-0.05, 0) is 47.5 Å². The largest absolute Gasteiger partial charge is 0.416 e. The predicted octanol–water partition coefficient (Wildman–Crippen LogP) is 5.57. The average molecular weight is 402 g/mol. The first-order valence-corrected chi connectivity index (χ1v) is 9.46. The van der Waals surface area contributed by atoms with E-state index in [1.807, 2.05) is 30.5 Å². The van der Waals surface area contributed by atoms with Crippen molar-refractivity contribution >= 4 is 23.4 Å². The molecule has 1 N–H and O–H groups in total. The standard InChI is InChI=1S/C21H17F3N2OS/c22-21(23,24)17-5-1-3-15(11-17)12-20(27)26-18-6-8-19(9-7-18)28-14-16-4-2-10-25-13-16/h1-11,13H,12,14H2,(H,26,27). The van der Waals surface area contributed by atoms with Crippen molar-refractivity contribution < 1.29 is 18.0 Å². The Balaban J connectivity index is 1.54. The van der Waals surface area contributed by atoms with Crippen molar-refractivity contribution in [3.63, 3.8) is 0 Å². The zero-order valence-corrected chi connectivity index (χ0v) is 15.6. The number of aromatic nitrogens is 1. The van der Waals surface area contributed by atoms with E-state index in [0.29, 0.717) is 11.3 Å². The number of carbonyl (C=O) groups excluding carboxylic acids is 1. The van der Waals surface area contributed by atoms with E-state index in [0.717, 1.165) is 28.3 Å². The number of anilines is 1. The number of hydrogen-bond acceptors (Lipinski definition) is 3. The molecule has 0 fully saturated rings. The molecular weight excluding hydrogens is 385 g/mol. The summed E-state index contributed by atoms with van der Waals surface area (Å²) in [7, 11) is 0. The third-order valence-electron chi connectivity index (χ3n) is 3.89. The highest BCUT2D eigenvalue weighted by molar-refractivity contribution is 7.98. The minimum absolute atomic E-state index is 0.124. The van der Waals surface area contributed by atoms with Crippen LogP contribution in [0.5, 0.6) is 0 Å². The number of thioether (sulfide) groups is 1. The summed E-state index contributed by atoms with van der Waals surface area (Å²) in [5.74, 6) is 0.421. The van der Waals surface area contributed by atoms with Crippen molar-refractivity contribution in [2.24, 2.45) is 0 Å². The second-order valence-electron chi connectivity index (χ2n) is 6.10. The lowest BCUT2D eigenvalue weighted by atomic mass is 10.1. The Hall–Kier alpha value is -2.80. The molecule has 3 rings (SSSR count). The van der Waals surface area contributed by atoms with Gasteiger partial charge in [0.25, 0.3) is 0 Å². The Labute approximate surface area is 165 Å². The molecule has 1 amide bonds. The number of amides is 1. The molecule has 1 heterocycles. The normalized spacial score (nSPS) is 11.2. The van der Waals surface area contributed by atoms with Crippen molar-refractivity contribution in [2.75, 3.05) is 5.32 Å². The molecule has 0 radical (unpaired) electrons. The van der Waals surface area contributed by atoms with Crippen LogP contribution in [-0.2, 0) is 23.1 Å². The van der Waals surface area contributed by atoms with Crippen LogP contribution in [0.4, 0.5) is 18.9 Å². The van der Waals surface area contributed by atoms with E-state index in [-0.39, 0.29) is 12.3 Å². The number of pyridine rings is 1. The Morgan fingerprint density at radius 2 is 1.75 bits per heavy atom. The van der Waals surface area contributed by atoms with Crippen molar-refractivity contribution in [1.29, 1.82) is 0 Å². The summed E-state index contributed by atoms with van der Waals surface area (Å²) in [6.07, 6.45) is -1.00. The fraction of sp³-hybridized carbons (Fsp3) is 0.143. The van der Waals surface area contributed by atoms with Gasteiger partial charge in [0.2, 0.25) is 5.91 Å². The Bertz CT molecular complexity index is 928. The topological polar surface area (TPSA) is 42.0 Å². The van der Waals surface area contributed by atoms with Crippen LogP contribution in [0.15, 0.2) is 78.0 Å². The summed E-state index contributed by atoms with van der Waals surface area (Å²) in [6.45, 7) is 0. The summed E-state index contributed by atoms with van der Waals surface area (Å²) in [5, 5.41) is 2.71. The highest BCUT2D eigenvalue weighted by Gasteiger charge is 2.30. The number of carbonyl (C=O) groups is 1. The molecule has 0 aliphatic heterocycles. The van der Waals surface area contributed by atoms with Gasteiger partial charge >= 0.3 is 6.18 Å². The van der Waals surface area contributed by atoms with Crippen LogP contribution < -0.4 is 5.32 Å². The third kappa shape index (κ3) is 5.85. The van der Waals surface area contributed by atoms with Gasteiger partial charge in [-0.25, -0.2) is 0 Å². The molecule has 0 aliphatic carbocycles. The van der Waals surface area contributed by atoms with E-state index in [4.69, 9.17) is 0 Å². The molecule has 0 saturated carbocycles. The van der Waals surface area contributed by atoms with E-state index in [9.17, 15) is 18.0 Å². The Morgan fingerprint density at radius 3 is 2.43 bits per heavy atom. The zero-order chi connectivity index (χ0) is 20.0. The van der Waals surface area contributed by atoms with Gasteiger partial charge in [0, 0.05) is 28.7 Å². The lowest BCUT2D eigenvalue weighted by Crippen LogP contribution is -2.15. The van der Waals surface area contributed by atoms with E-state index in [1.165, 1.54) is 12.1 Å². The van der Waals surface area contributed by atoms with Crippen LogP contribution in [0.3, 0.4) is 0 Å². The summed E-state index contributed by atoms with van der Waals surface area (Å²) in [5.41, 5.74) is 1.28. The fourth-order valence-electron chi connectivity index (χ4n) is 2.53. The molecule has 0 aliphatic rings. The summed E-state index contributed by atoms with van der Waals surface area (Å²) >= 11 is 1.65. The van der Waals surface area contributed by atoms with Crippen LogP contribution in [0.25, 0.3) is 0 Å². The smallest absolute Gasteiger partial charge is 0.326 e. The van der Waals surface area contributed by atoms with E-state index in [1.54, 1.807) is 30.1 Å². The second-order valence-corrected chi connectivity index (χ2v) is 7.15. The van der Waals surface area contributed by atoms with Crippen LogP contribution >= 0.6 is 11.8 Å². The predicted molar refractivity (Wildman–Crippen MR) is 104 cm³/mol. The first-order chi connectivity index (χ1) is 13.4. The van der Waals surface area contributed by atoms with E-state index >= 15 is 0 Å². The first kappa shape index (κ1) is 19.9. The molecule has 1 aromatic heterocycles. The molecule has 3 nitrogen and oxygen atoms in total. The van der Waals surface area contributed by atoms with Crippen LogP contribution in [0.1, 0.15) is 16.7 Å². The maximum Gasteiger partial charge on any atom is 0.416 e. The summed E-state index contributed by atoms with van der Waals surface area (Å²) in [6, 6.07) is 16.0. The second kappa shape index (κ2) is 8.93. The maximum absolute atomic E-state index is 12.8. The SMILES string of the molecule is O=C(Cc1cccc(C(F)(F)F)c1)Nc1ccc(SCc2cccnc2)cc1. The van der Waals surface area contributed by atoms with Crippen molar-refractivity contribution in [1.82, 2.24) is 4.98 Å². The highest BCUT2D eigenvalue weighted by atomic mass is 32.2. The molecule has 0 unspecified atom stereocenters. The number of alkyl halides is 3. The lowest BCUT2D eigenvalue weighted by molar-refractivity contribution is -0.137.